The minimum absolute atomic E-state index is 0.424. The number of likely N-dealkylation sites (tertiary alicyclic amines) is 1. The average molecular weight is 214 g/mol. The van der Waals surface area contributed by atoms with Crippen molar-refractivity contribution in [3.05, 3.63) is 0 Å². The molecular formula is C10H16NO4-. The highest BCUT2D eigenvalue weighted by Crippen LogP contribution is 2.20. The van der Waals surface area contributed by atoms with Crippen molar-refractivity contribution >= 4 is 12.1 Å². The minimum Gasteiger partial charge on any atom is -0.548 e. The first-order chi connectivity index (χ1) is 6.81. The van der Waals surface area contributed by atoms with Crippen LogP contribution >= 0.6 is 0 Å². The Hall–Kier alpha value is -1.26. The number of ether oxygens (including phenoxy) is 1. The monoisotopic (exact) mass is 214 g/mol. The fraction of sp³-hybridized carbons (Fsp3) is 0.800. The number of aliphatic carboxylic acids is 1. The van der Waals surface area contributed by atoms with Crippen LogP contribution in [0, 0.1) is 0 Å². The second-order valence-electron chi connectivity index (χ2n) is 4.65. The molecule has 0 aromatic rings. The lowest BCUT2D eigenvalue weighted by atomic mass is 10.2. The van der Waals surface area contributed by atoms with Crippen molar-refractivity contribution in [2.75, 3.05) is 6.54 Å². The third-order valence-corrected chi connectivity index (χ3v) is 2.15. The largest absolute Gasteiger partial charge is 0.548 e. The van der Waals surface area contributed by atoms with Crippen molar-refractivity contribution in [3.63, 3.8) is 0 Å². The molecule has 0 saturated carbocycles. The van der Waals surface area contributed by atoms with Crippen LogP contribution in [0.5, 0.6) is 0 Å². The molecule has 1 atom stereocenters. The Morgan fingerprint density at radius 2 is 2.00 bits per heavy atom. The fourth-order valence-electron chi connectivity index (χ4n) is 1.55. The van der Waals surface area contributed by atoms with Gasteiger partial charge in [-0.3, -0.25) is 4.90 Å². The molecule has 0 aromatic heterocycles. The molecule has 1 aliphatic rings. The van der Waals surface area contributed by atoms with E-state index in [2.05, 4.69) is 0 Å². The van der Waals surface area contributed by atoms with E-state index in [0.717, 1.165) is 0 Å². The van der Waals surface area contributed by atoms with Crippen molar-refractivity contribution in [1.82, 2.24) is 4.90 Å². The van der Waals surface area contributed by atoms with Gasteiger partial charge in [0.05, 0.1) is 12.0 Å². The zero-order valence-corrected chi connectivity index (χ0v) is 9.28. The van der Waals surface area contributed by atoms with E-state index < -0.39 is 23.7 Å². The molecule has 0 unspecified atom stereocenters. The number of carboxylic acid groups (broad SMARTS) is 1. The summed E-state index contributed by atoms with van der Waals surface area (Å²) in [4.78, 5) is 23.5. The molecule has 15 heavy (non-hydrogen) atoms. The van der Waals surface area contributed by atoms with Gasteiger partial charge in [0.25, 0.3) is 0 Å². The van der Waals surface area contributed by atoms with Gasteiger partial charge in [0.15, 0.2) is 0 Å². The molecule has 1 saturated heterocycles. The topological polar surface area (TPSA) is 69.7 Å². The molecule has 1 amide bonds. The van der Waals surface area contributed by atoms with E-state index in [-0.39, 0.29) is 0 Å². The second-order valence-corrected chi connectivity index (χ2v) is 4.65. The lowest BCUT2D eigenvalue weighted by Gasteiger charge is -2.28. The molecule has 0 aromatic carbocycles. The second kappa shape index (κ2) is 4.08. The summed E-state index contributed by atoms with van der Waals surface area (Å²) in [6.45, 7) is 5.66. The van der Waals surface area contributed by atoms with Crippen LogP contribution in [0.3, 0.4) is 0 Å². The van der Waals surface area contributed by atoms with E-state index in [1.807, 2.05) is 0 Å². The van der Waals surface area contributed by atoms with E-state index in [4.69, 9.17) is 4.74 Å². The van der Waals surface area contributed by atoms with Gasteiger partial charge in [-0.2, -0.15) is 0 Å². The van der Waals surface area contributed by atoms with Crippen LogP contribution < -0.4 is 5.11 Å². The first-order valence-corrected chi connectivity index (χ1v) is 5.02. The number of nitrogens with zero attached hydrogens (tertiary/aromatic N) is 1. The highest BCUT2D eigenvalue weighted by molar-refractivity contribution is 5.79. The molecule has 5 nitrogen and oxygen atoms in total. The van der Waals surface area contributed by atoms with Gasteiger partial charge in [-0.25, -0.2) is 4.79 Å². The van der Waals surface area contributed by atoms with Gasteiger partial charge >= 0.3 is 6.09 Å². The quantitative estimate of drug-likeness (QED) is 0.622. The van der Waals surface area contributed by atoms with Gasteiger partial charge in [-0.05, 0) is 33.6 Å². The molecule has 5 heteroatoms. The van der Waals surface area contributed by atoms with Gasteiger partial charge in [0.1, 0.15) is 5.60 Å². The number of hydrogen-bond acceptors (Lipinski definition) is 4. The Labute approximate surface area is 89.0 Å². The van der Waals surface area contributed by atoms with E-state index in [1.54, 1.807) is 20.8 Å². The first kappa shape index (κ1) is 11.8. The number of carbonyl (C=O) groups excluding carboxylic acids is 2. The molecule has 1 aliphatic heterocycles. The van der Waals surface area contributed by atoms with Gasteiger partial charge in [-0.1, -0.05) is 0 Å². The lowest BCUT2D eigenvalue weighted by molar-refractivity contribution is -0.310. The predicted molar refractivity (Wildman–Crippen MR) is 51.0 cm³/mol. The summed E-state index contributed by atoms with van der Waals surface area (Å²) >= 11 is 0. The molecule has 0 radical (unpaired) electrons. The molecular weight excluding hydrogens is 198 g/mol. The predicted octanol–water partition coefficient (Wildman–Crippen LogP) is 0.136. The van der Waals surface area contributed by atoms with E-state index in [9.17, 15) is 14.7 Å². The summed E-state index contributed by atoms with van der Waals surface area (Å²) in [5, 5.41) is 10.7. The van der Waals surface area contributed by atoms with E-state index >= 15 is 0 Å². The SMILES string of the molecule is CC(C)(C)OC(=O)N1CCC[C@@H]1C(=O)[O-]. The van der Waals surface area contributed by atoms with Crippen LogP contribution in [0.2, 0.25) is 0 Å². The lowest BCUT2D eigenvalue weighted by Crippen LogP contribution is -2.48. The van der Waals surface area contributed by atoms with Crippen molar-refractivity contribution in [2.45, 2.75) is 45.3 Å². The Bertz CT molecular complexity index is 269. The number of hydrogen-bond donors (Lipinski definition) is 0. The minimum atomic E-state index is -1.21. The molecule has 86 valence electrons. The van der Waals surface area contributed by atoms with Crippen LogP contribution in [0.4, 0.5) is 4.79 Å². The maximum atomic E-state index is 11.6. The Morgan fingerprint density at radius 3 is 2.47 bits per heavy atom. The standard InChI is InChI=1S/C10H17NO4/c1-10(2,3)15-9(14)11-6-4-5-7(11)8(12)13/h7H,4-6H2,1-3H3,(H,12,13)/p-1/t7-/m1/s1. The normalized spacial score (nSPS) is 21.5. The molecule has 0 aliphatic carbocycles. The van der Waals surface area contributed by atoms with Gasteiger partial charge in [0, 0.05) is 6.54 Å². The summed E-state index contributed by atoms with van der Waals surface area (Å²) in [6, 6.07) is -0.833. The molecule has 1 heterocycles. The summed E-state index contributed by atoms with van der Waals surface area (Å²) in [5.74, 6) is -1.21. The van der Waals surface area contributed by atoms with E-state index in [0.29, 0.717) is 19.4 Å². The Morgan fingerprint density at radius 1 is 1.40 bits per heavy atom. The maximum Gasteiger partial charge on any atom is 0.410 e. The zero-order chi connectivity index (χ0) is 11.6. The summed E-state index contributed by atoms with van der Waals surface area (Å²) in [6.07, 6.45) is 0.550. The first-order valence-electron chi connectivity index (χ1n) is 5.02. The Kier molecular flexibility index (Phi) is 3.21. The molecule has 1 fully saturated rings. The molecule has 0 bridgehead atoms. The number of amides is 1. The van der Waals surface area contributed by atoms with Crippen LogP contribution in [0.1, 0.15) is 33.6 Å². The summed E-state index contributed by atoms with van der Waals surface area (Å²) in [7, 11) is 0. The average Bonchev–Trinajstić information content (AvgIpc) is 2.47. The van der Waals surface area contributed by atoms with Crippen molar-refractivity contribution in [3.8, 4) is 0 Å². The van der Waals surface area contributed by atoms with Crippen molar-refractivity contribution in [2.24, 2.45) is 0 Å². The van der Waals surface area contributed by atoms with Crippen molar-refractivity contribution < 1.29 is 19.4 Å². The number of carbonyl (C=O) groups is 2. The maximum absolute atomic E-state index is 11.6. The highest BCUT2D eigenvalue weighted by Gasteiger charge is 2.32. The summed E-state index contributed by atoms with van der Waals surface area (Å²) in [5.41, 5.74) is -0.601. The third-order valence-electron chi connectivity index (χ3n) is 2.15. The van der Waals surface area contributed by atoms with E-state index in [1.165, 1.54) is 4.90 Å². The highest BCUT2D eigenvalue weighted by atomic mass is 16.6. The molecule has 0 N–H and O–H groups in total. The van der Waals surface area contributed by atoms with Gasteiger partial charge in [-0.15, -0.1) is 0 Å². The Balaban J connectivity index is 2.63. The van der Waals surface area contributed by atoms with Crippen molar-refractivity contribution in [1.29, 1.82) is 0 Å². The molecule has 1 rings (SSSR count). The van der Waals surface area contributed by atoms with Crippen LogP contribution in [0.25, 0.3) is 0 Å². The zero-order valence-electron chi connectivity index (χ0n) is 9.28. The van der Waals surface area contributed by atoms with Crippen LogP contribution in [-0.4, -0.2) is 35.2 Å². The number of carboxylic acids is 1. The van der Waals surface area contributed by atoms with Crippen LogP contribution in [0.15, 0.2) is 0 Å². The van der Waals surface area contributed by atoms with Gasteiger partial charge < -0.3 is 14.6 Å². The van der Waals surface area contributed by atoms with Crippen LogP contribution in [-0.2, 0) is 9.53 Å². The smallest absolute Gasteiger partial charge is 0.410 e. The fourth-order valence-corrected chi connectivity index (χ4v) is 1.55. The molecule has 0 spiro atoms. The summed E-state index contributed by atoms with van der Waals surface area (Å²) < 4.78 is 5.10. The third kappa shape index (κ3) is 3.11. The number of rotatable bonds is 1. The van der Waals surface area contributed by atoms with Gasteiger partial charge in [0.2, 0.25) is 0 Å².